The molecule has 2 N–H and O–H groups in total. The van der Waals surface area contributed by atoms with Crippen molar-refractivity contribution in [1.82, 2.24) is 9.97 Å². The number of nitrogens with zero attached hydrogens (tertiary/aromatic N) is 3. The van der Waals surface area contributed by atoms with Crippen LogP contribution in [0.1, 0.15) is 29.8 Å². The molecule has 0 saturated heterocycles. The van der Waals surface area contributed by atoms with Crippen LogP contribution in [0, 0.1) is 0 Å². The minimum atomic E-state index is 0.520. The summed E-state index contributed by atoms with van der Waals surface area (Å²) in [5, 5.41) is 0. The molecule has 0 atom stereocenters. The van der Waals surface area contributed by atoms with Gasteiger partial charge in [0, 0.05) is 26.3 Å². The maximum Gasteiger partial charge on any atom is 0.225 e. The van der Waals surface area contributed by atoms with Gasteiger partial charge in [0.25, 0.3) is 0 Å². The summed E-state index contributed by atoms with van der Waals surface area (Å²) in [6.07, 6.45) is 4.65. The first kappa shape index (κ1) is 10.4. The zero-order valence-corrected chi connectivity index (χ0v) is 9.45. The van der Waals surface area contributed by atoms with Crippen LogP contribution in [0.3, 0.4) is 0 Å². The number of aryl methyl sites for hydroxylation is 1. The van der Waals surface area contributed by atoms with Crippen molar-refractivity contribution < 1.29 is 0 Å². The topological polar surface area (TPSA) is 55.0 Å². The normalized spacial score (nSPS) is 14.9. The largest absolute Gasteiger partial charge is 0.347 e. The molecule has 1 aliphatic rings. The average Bonchev–Trinajstić information content (AvgIpc) is 2.27. The van der Waals surface area contributed by atoms with Gasteiger partial charge in [-0.05, 0) is 31.2 Å². The predicted octanol–water partition coefficient (Wildman–Crippen LogP) is 0.880. The molecule has 1 aromatic rings. The zero-order chi connectivity index (χ0) is 10.8. The van der Waals surface area contributed by atoms with E-state index in [9.17, 15) is 0 Å². The van der Waals surface area contributed by atoms with Crippen molar-refractivity contribution in [2.75, 3.05) is 19.0 Å². The molecule has 0 fully saturated rings. The lowest BCUT2D eigenvalue weighted by atomic mass is 9.95. The molecule has 4 heteroatoms. The van der Waals surface area contributed by atoms with Crippen molar-refractivity contribution in [2.45, 2.75) is 32.2 Å². The van der Waals surface area contributed by atoms with Crippen molar-refractivity contribution in [3.63, 3.8) is 0 Å². The van der Waals surface area contributed by atoms with Crippen molar-refractivity contribution in [3.05, 3.63) is 17.0 Å². The Labute approximate surface area is 90.5 Å². The number of rotatable bonds is 2. The molecule has 0 amide bonds. The van der Waals surface area contributed by atoms with Crippen molar-refractivity contribution in [2.24, 2.45) is 5.73 Å². The summed E-state index contributed by atoms with van der Waals surface area (Å²) in [4.78, 5) is 11.0. The van der Waals surface area contributed by atoms with Gasteiger partial charge < -0.3 is 10.6 Å². The van der Waals surface area contributed by atoms with Gasteiger partial charge in [-0.2, -0.15) is 0 Å². The van der Waals surface area contributed by atoms with E-state index in [1.807, 2.05) is 19.0 Å². The Morgan fingerprint density at radius 2 is 1.93 bits per heavy atom. The van der Waals surface area contributed by atoms with Gasteiger partial charge >= 0.3 is 0 Å². The molecule has 1 aromatic heterocycles. The lowest BCUT2D eigenvalue weighted by molar-refractivity contribution is 0.649. The highest BCUT2D eigenvalue weighted by atomic mass is 15.2. The molecule has 2 rings (SSSR count). The smallest absolute Gasteiger partial charge is 0.225 e. The van der Waals surface area contributed by atoms with Gasteiger partial charge in [0.2, 0.25) is 5.95 Å². The highest BCUT2D eigenvalue weighted by Gasteiger charge is 2.17. The summed E-state index contributed by atoms with van der Waals surface area (Å²) in [6, 6.07) is 0. The second-order valence-electron chi connectivity index (χ2n) is 4.20. The summed E-state index contributed by atoms with van der Waals surface area (Å²) in [7, 11) is 3.93. The third-order valence-electron chi connectivity index (χ3n) is 2.85. The summed E-state index contributed by atoms with van der Waals surface area (Å²) in [5.74, 6) is 0.788. The molecule has 1 aliphatic carbocycles. The number of nitrogens with two attached hydrogens (primary N) is 1. The molecule has 0 saturated carbocycles. The van der Waals surface area contributed by atoms with E-state index in [1.165, 1.54) is 24.1 Å². The minimum Gasteiger partial charge on any atom is -0.347 e. The maximum absolute atomic E-state index is 5.73. The van der Waals surface area contributed by atoms with Crippen LogP contribution >= 0.6 is 0 Å². The Balaban J connectivity index is 2.48. The van der Waals surface area contributed by atoms with E-state index >= 15 is 0 Å². The molecular weight excluding hydrogens is 188 g/mol. The van der Waals surface area contributed by atoms with Crippen LogP contribution in [0.5, 0.6) is 0 Å². The fraction of sp³-hybridized carbons (Fsp3) is 0.636. The van der Waals surface area contributed by atoms with Gasteiger partial charge in [-0.25, -0.2) is 9.97 Å². The Morgan fingerprint density at radius 1 is 1.20 bits per heavy atom. The van der Waals surface area contributed by atoms with Crippen molar-refractivity contribution in [3.8, 4) is 0 Å². The van der Waals surface area contributed by atoms with Crippen LogP contribution < -0.4 is 10.6 Å². The number of fused-ring (bicyclic) bond motifs is 1. The van der Waals surface area contributed by atoms with E-state index in [4.69, 9.17) is 5.73 Å². The molecular formula is C11H18N4. The molecule has 0 radical (unpaired) electrons. The third kappa shape index (κ3) is 1.95. The SMILES string of the molecule is CN(C)c1nc(CN)c2c(n1)CCCC2. The molecule has 4 nitrogen and oxygen atoms in total. The molecule has 1 heterocycles. The monoisotopic (exact) mass is 206 g/mol. The summed E-state index contributed by atoms with van der Waals surface area (Å²) in [5.41, 5.74) is 9.27. The van der Waals surface area contributed by atoms with Crippen molar-refractivity contribution >= 4 is 5.95 Å². The standard InChI is InChI=1S/C11H18N4/c1-15(2)11-13-9-6-4-3-5-8(9)10(7-12)14-11/h3-7,12H2,1-2H3. The van der Waals surface area contributed by atoms with Gasteiger partial charge in [-0.3, -0.25) is 0 Å². The highest BCUT2D eigenvalue weighted by Crippen LogP contribution is 2.23. The Morgan fingerprint density at radius 3 is 2.60 bits per heavy atom. The first-order valence-electron chi connectivity index (χ1n) is 5.48. The van der Waals surface area contributed by atoms with Crippen LogP contribution in [0.25, 0.3) is 0 Å². The van der Waals surface area contributed by atoms with Gasteiger partial charge in [-0.15, -0.1) is 0 Å². The van der Waals surface area contributed by atoms with E-state index in [0.717, 1.165) is 24.5 Å². The van der Waals surface area contributed by atoms with Gasteiger partial charge in [0.05, 0.1) is 5.69 Å². The quantitative estimate of drug-likeness (QED) is 0.780. The van der Waals surface area contributed by atoms with Gasteiger partial charge in [-0.1, -0.05) is 0 Å². The van der Waals surface area contributed by atoms with E-state index < -0.39 is 0 Å². The van der Waals surface area contributed by atoms with Crippen LogP contribution in [-0.4, -0.2) is 24.1 Å². The average molecular weight is 206 g/mol. The first-order valence-corrected chi connectivity index (χ1v) is 5.48. The first-order chi connectivity index (χ1) is 7.22. The van der Waals surface area contributed by atoms with Crippen LogP contribution in [-0.2, 0) is 19.4 Å². The summed E-state index contributed by atoms with van der Waals surface area (Å²) < 4.78 is 0. The van der Waals surface area contributed by atoms with Crippen molar-refractivity contribution in [1.29, 1.82) is 0 Å². The van der Waals surface area contributed by atoms with Crippen LogP contribution in [0.15, 0.2) is 0 Å². The Kier molecular flexibility index (Phi) is 2.86. The molecule has 0 unspecified atom stereocenters. The second-order valence-corrected chi connectivity index (χ2v) is 4.20. The highest BCUT2D eigenvalue weighted by molar-refractivity contribution is 5.37. The minimum absolute atomic E-state index is 0.520. The van der Waals surface area contributed by atoms with Gasteiger partial charge in [0.1, 0.15) is 0 Å². The number of aromatic nitrogens is 2. The Hall–Kier alpha value is -1.16. The molecule has 0 spiro atoms. The number of hydrogen-bond donors (Lipinski definition) is 1. The van der Waals surface area contributed by atoms with Crippen LogP contribution in [0.4, 0.5) is 5.95 Å². The third-order valence-corrected chi connectivity index (χ3v) is 2.85. The summed E-state index contributed by atoms with van der Waals surface area (Å²) in [6.45, 7) is 0.520. The number of anilines is 1. The van der Waals surface area contributed by atoms with E-state index in [0.29, 0.717) is 6.54 Å². The van der Waals surface area contributed by atoms with E-state index in [1.54, 1.807) is 0 Å². The lowest BCUT2D eigenvalue weighted by Gasteiger charge is -2.20. The molecule has 0 aromatic carbocycles. The zero-order valence-electron chi connectivity index (χ0n) is 9.45. The van der Waals surface area contributed by atoms with E-state index in [-0.39, 0.29) is 0 Å². The fourth-order valence-electron chi connectivity index (χ4n) is 2.03. The molecule has 82 valence electrons. The maximum atomic E-state index is 5.73. The predicted molar refractivity (Wildman–Crippen MR) is 60.9 cm³/mol. The van der Waals surface area contributed by atoms with E-state index in [2.05, 4.69) is 9.97 Å². The molecule has 15 heavy (non-hydrogen) atoms. The molecule has 0 bridgehead atoms. The number of hydrogen-bond acceptors (Lipinski definition) is 4. The second kappa shape index (κ2) is 4.14. The fourth-order valence-corrected chi connectivity index (χ4v) is 2.03. The molecule has 0 aliphatic heterocycles. The van der Waals surface area contributed by atoms with Crippen LogP contribution in [0.2, 0.25) is 0 Å². The lowest BCUT2D eigenvalue weighted by Crippen LogP contribution is -2.20. The summed E-state index contributed by atoms with van der Waals surface area (Å²) >= 11 is 0. The Bertz CT molecular complexity index is 343. The van der Waals surface area contributed by atoms with Gasteiger partial charge in [0.15, 0.2) is 0 Å².